The maximum atomic E-state index is 14.3. The molecule has 0 aliphatic carbocycles. The summed E-state index contributed by atoms with van der Waals surface area (Å²) in [4.78, 5) is 49.3. The van der Waals surface area contributed by atoms with Crippen LogP contribution < -0.4 is 9.80 Å². The molecule has 2 aliphatic heterocycles. The molecule has 2 aliphatic rings. The number of hydrogen-bond acceptors (Lipinski definition) is 5. The first-order valence-corrected chi connectivity index (χ1v) is 16.4. The Balaban J connectivity index is 1.38. The van der Waals surface area contributed by atoms with Crippen LogP contribution in [-0.4, -0.2) is 53.8 Å². The summed E-state index contributed by atoms with van der Waals surface area (Å²) in [6.45, 7) is 4.72. The summed E-state index contributed by atoms with van der Waals surface area (Å²) in [6.07, 6.45) is -7.51. The van der Waals surface area contributed by atoms with Crippen molar-refractivity contribution in [1.29, 1.82) is 0 Å². The van der Waals surface area contributed by atoms with E-state index in [9.17, 15) is 45.1 Å². The van der Waals surface area contributed by atoms with Crippen LogP contribution in [0.25, 0.3) is 11.1 Å². The highest BCUT2D eigenvalue weighted by atomic mass is 19.4. The molecule has 272 valence electrons. The van der Waals surface area contributed by atoms with Gasteiger partial charge in [-0.25, -0.2) is 9.37 Å². The molecule has 0 unspecified atom stereocenters. The molecular formula is C38H33F7N4O3. The molecule has 3 heterocycles. The van der Waals surface area contributed by atoms with Gasteiger partial charge in [0.25, 0.3) is 11.8 Å². The molecule has 1 fully saturated rings. The molecule has 0 saturated carbocycles. The minimum Gasteiger partial charge on any atom is -0.352 e. The van der Waals surface area contributed by atoms with E-state index in [0.29, 0.717) is 65.2 Å². The molecule has 52 heavy (non-hydrogen) atoms. The maximum absolute atomic E-state index is 14.3. The van der Waals surface area contributed by atoms with Crippen LogP contribution in [0.2, 0.25) is 0 Å². The first-order valence-electron chi connectivity index (χ1n) is 16.4. The number of fused-ring (bicyclic) bond motifs is 1. The van der Waals surface area contributed by atoms with Gasteiger partial charge >= 0.3 is 12.4 Å². The average molecular weight is 727 g/mol. The Hall–Kier alpha value is -5.27. The number of rotatable bonds is 7. The van der Waals surface area contributed by atoms with E-state index in [4.69, 9.17) is 0 Å². The van der Waals surface area contributed by atoms with Gasteiger partial charge in [0.05, 0.1) is 39.6 Å². The van der Waals surface area contributed by atoms with Gasteiger partial charge in [0.1, 0.15) is 11.6 Å². The number of aromatic nitrogens is 1. The van der Waals surface area contributed by atoms with Crippen molar-refractivity contribution in [2.24, 2.45) is 0 Å². The fraction of sp³-hybridized carbons (Fsp3) is 0.316. The van der Waals surface area contributed by atoms with Crippen LogP contribution in [0.1, 0.15) is 69.7 Å². The predicted molar refractivity (Wildman–Crippen MR) is 179 cm³/mol. The monoisotopic (exact) mass is 726 g/mol. The SMILES string of the molecule is Cc1cc(F)ccc1-c1cc(N2CCC[C@H]2CN2C(=O)c3ccccc3C2=O)ncc1N(C)C(=O)C(C)(C)c1cc(C(F)(F)F)cc(C(F)(F)F)c1. The third kappa shape index (κ3) is 6.61. The maximum Gasteiger partial charge on any atom is 0.416 e. The van der Waals surface area contributed by atoms with Crippen LogP contribution in [0.3, 0.4) is 0 Å². The van der Waals surface area contributed by atoms with Crippen molar-refractivity contribution in [3.05, 3.63) is 112 Å². The second-order valence-corrected chi connectivity index (χ2v) is 13.6. The summed E-state index contributed by atoms with van der Waals surface area (Å²) in [5, 5.41) is 0. The van der Waals surface area contributed by atoms with Crippen LogP contribution in [0.15, 0.2) is 72.9 Å². The number of pyridine rings is 1. The van der Waals surface area contributed by atoms with Crippen molar-refractivity contribution < 1.29 is 45.1 Å². The molecule has 0 N–H and O–H groups in total. The molecule has 6 rings (SSSR count). The van der Waals surface area contributed by atoms with Crippen LogP contribution >= 0.6 is 0 Å². The van der Waals surface area contributed by atoms with E-state index in [1.165, 1.54) is 50.2 Å². The molecular weight excluding hydrogens is 693 g/mol. The quantitative estimate of drug-likeness (QED) is 0.141. The Morgan fingerprint density at radius 2 is 1.40 bits per heavy atom. The van der Waals surface area contributed by atoms with E-state index in [-0.39, 0.29) is 24.3 Å². The molecule has 3 aromatic carbocycles. The number of imide groups is 1. The topological polar surface area (TPSA) is 73.8 Å². The first kappa shape index (κ1) is 36.5. The number of alkyl halides is 6. The summed E-state index contributed by atoms with van der Waals surface area (Å²) in [5.74, 6) is -1.73. The van der Waals surface area contributed by atoms with Gasteiger partial charge in [-0.2, -0.15) is 26.3 Å². The van der Waals surface area contributed by atoms with Gasteiger partial charge in [0.2, 0.25) is 5.91 Å². The molecule has 1 saturated heterocycles. The lowest BCUT2D eigenvalue weighted by molar-refractivity contribution is -0.143. The number of nitrogens with zero attached hydrogens (tertiary/aromatic N) is 4. The van der Waals surface area contributed by atoms with Gasteiger partial charge in [0.15, 0.2) is 0 Å². The van der Waals surface area contributed by atoms with Gasteiger partial charge < -0.3 is 9.80 Å². The lowest BCUT2D eigenvalue weighted by atomic mass is 9.81. The number of hydrogen-bond donors (Lipinski definition) is 0. The van der Waals surface area contributed by atoms with Gasteiger partial charge in [-0.3, -0.25) is 19.3 Å². The molecule has 1 atom stereocenters. The minimum atomic E-state index is -5.11. The number of amides is 3. The molecule has 0 spiro atoms. The second-order valence-electron chi connectivity index (χ2n) is 13.6. The zero-order valence-electron chi connectivity index (χ0n) is 28.5. The van der Waals surface area contributed by atoms with Crippen molar-refractivity contribution in [3.8, 4) is 11.1 Å². The zero-order chi connectivity index (χ0) is 37.9. The highest BCUT2D eigenvalue weighted by Crippen LogP contribution is 2.42. The molecule has 14 heteroatoms. The van der Waals surface area contributed by atoms with E-state index in [0.717, 1.165) is 4.90 Å². The number of carbonyl (C=O) groups excluding carboxylic acids is 3. The summed E-state index contributed by atoms with van der Waals surface area (Å²) < 4.78 is 96.6. The van der Waals surface area contributed by atoms with Crippen LogP contribution in [0.5, 0.6) is 0 Å². The van der Waals surface area contributed by atoms with E-state index in [1.54, 1.807) is 37.3 Å². The number of likely N-dealkylation sites (N-methyl/N-ethyl adjacent to an activating group) is 1. The Labute approximate surface area is 294 Å². The van der Waals surface area contributed by atoms with Gasteiger partial charge in [-0.15, -0.1) is 0 Å². The molecule has 4 aromatic rings. The lowest BCUT2D eigenvalue weighted by Gasteiger charge is -2.33. The molecule has 0 radical (unpaired) electrons. The average Bonchev–Trinajstić information content (AvgIpc) is 3.65. The number of carbonyl (C=O) groups is 3. The molecule has 1 aromatic heterocycles. The van der Waals surface area contributed by atoms with E-state index in [1.807, 2.05) is 4.90 Å². The van der Waals surface area contributed by atoms with E-state index >= 15 is 0 Å². The molecule has 3 amide bonds. The minimum absolute atomic E-state index is 0.00578. The Kier molecular flexibility index (Phi) is 9.17. The van der Waals surface area contributed by atoms with Crippen molar-refractivity contribution in [2.75, 3.05) is 29.9 Å². The predicted octanol–water partition coefficient (Wildman–Crippen LogP) is 8.44. The Bertz CT molecular complexity index is 2030. The number of anilines is 2. The zero-order valence-corrected chi connectivity index (χ0v) is 28.5. The second kappa shape index (κ2) is 13.1. The summed E-state index contributed by atoms with van der Waals surface area (Å²) in [5.41, 5.74) is -3.31. The fourth-order valence-electron chi connectivity index (χ4n) is 6.92. The van der Waals surface area contributed by atoms with Crippen molar-refractivity contribution >= 4 is 29.2 Å². The summed E-state index contributed by atoms with van der Waals surface area (Å²) in [7, 11) is 1.34. The smallest absolute Gasteiger partial charge is 0.352 e. The van der Waals surface area contributed by atoms with Crippen molar-refractivity contribution in [2.45, 2.75) is 57.4 Å². The standard InChI is InChI=1S/C38H33F7N4O3/c1-21-14-25(39)11-12-27(21)30-18-32(48-13-7-8-26(48)20-49-33(50)28-9-5-6-10-29(28)34(49)51)46-19-31(30)47(4)35(52)36(2,3)22-15-23(37(40,41)42)17-24(16-22)38(43,44)45/h5-6,9-12,14-19,26H,7-8,13,20H2,1-4H3/t26-/m0/s1. The van der Waals surface area contributed by atoms with E-state index < -0.39 is 58.0 Å². The summed E-state index contributed by atoms with van der Waals surface area (Å²) in [6, 6.07) is 13.0. The highest BCUT2D eigenvalue weighted by molar-refractivity contribution is 6.21. The third-order valence-electron chi connectivity index (χ3n) is 9.80. The number of halogens is 7. The van der Waals surface area contributed by atoms with Gasteiger partial charge in [0, 0.05) is 31.7 Å². The van der Waals surface area contributed by atoms with Crippen LogP contribution in [0.4, 0.5) is 42.2 Å². The van der Waals surface area contributed by atoms with Gasteiger partial charge in [-0.1, -0.05) is 18.2 Å². The normalized spacial score (nSPS) is 16.5. The third-order valence-corrected chi connectivity index (χ3v) is 9.80. The lowest BCUT2D eigenvalue weighted by Crippen LogP contribution is -2.43. The van der Waals surface area contributed by atoms with Crippen molar-refractivity contribution in [3.63, 3.8) is 0 Å². The summed E-state index contributed by atoms with van der Waals surface area (Å²) >= 11 is 0. The van der Waals surface area contributed by atoms with Gasteiger partial charge in [-0.05, 0) is 98.8 Å². The molecule has 7 nitrogen and oxygen atoms in total. The number of aryl methyl sites for hydroxylation is 1. The Morgan fingerprint density at radius 1 is 0.827 bits per heavy atom. The highest BCUT2D eigenvalue weighted by Gasteiger charge is 2.42. The van der Waals surface area contributed by atoms with Crippen molar-refractivity contribution in [1.82, 2.24) is 9.88 Å². The molecule has 0 bridgehead atoms. The van der Waals surface area contributed by atoms with Crippen LogP contribution in [-0.2, 0) is 22.6 Å². The largest absolute Gasteiger partial charge is 0.416 e. The van der Waals surface area contributed by atoms with E-state index in [2.05, 4.69) is 4.98 Å². The first-order chi connectivity index (χ1) is 24.3. The van der Waals surface area contributed by atoms with Crippen LogP contribution in [0, 0.1) is 12.7 Å². The number of benzene rings is 3. The fourth-order valence-corrected chi connectivity index (χ4v) is 6.92. The Morgan fingerprint density at radius 3 is 1.96 bits per heavy atom.